The fourth-order valence-electron chi connectivity index (χ4n) is 2.41. The topological polar surface area (TPSA) is 116 Å². The monoisotopic (exact) mass is 419 g/mol. The van der Waals surface area contributed by atoms with E-state index in [-0.39, 0.29) is 29.2 Å². The van der Waals surface area contributed by atoms with Gasteiger partial charge in [-0.05, 0) is 31.2 Å². The Morgan fingerprint density at radius 2 is 1.66 bits per heavy atom. The van der Waals surface area contributed by atoms with Gasteiger partial charge in [-0.15, -0.1) is 0 Å². The molecule has 0 aliphatic carbocycles. The standard InChI is InChI=1S/C20H21NO7S/c1-14(22)15-7-9-16(10-8-15)29(25,26)21-12-11-20(24)28-13-18(23)17-5-3-4-6-19(17)27-2/h3-10,21H,11-13H2,1-2H3. The summed E-state index contributed by atoms with van der Waals surface area (Å²) in [7, 11) is -2.41. The third kappa shape index (κ3) is 6.23. The molecule has 2 rings (SSSR count). The average molecular weight is 419 g/mol. The minimum atomic E-state index is -3.83. The number of Topliss-reactive ketones (excluding diaryl/α,β-unsaturated/α-hetero) is 2. The molecule has 0 spiro atoms. The van der Waals surface area contributed by atoms with Crippen LogP contribution >= 0.6 is 0 Å². The largest absolute Gasteiger partial charge is 0.496 e. The zero-order valence-electron chi connectivity index (χ0n) is 16.0. The van der Waals surface area contributed by atoms with E-state index >= 15 is 0 Å². The maximum absolute atomic E-state index is 12.2. The van der Waals surface area contributed by atoms with Crippen molar-refractivity contribution in [2.45, 2.75) is 18.2 Å². The van der Waals surface area contributed by atoms with Gasteiger partial charge in [-0.3, -0.25) is 14.4 Å². The van der Waals surface area contributed by atoms with Gasteiger partial charge in [0, 0.05) is 12.1 Å². The summed E-state index contributed by atoms with van der Waals surface area (Å²) < 4.78 is 36.7. The zero-order valence-corrected chi connectivity index (χ0v) is 16.8. The third-order valence-electron chi connectivity index (χ3n) is 3.96. The van der Waals surface area contributed by atoms with Crippen LogP contribution in [0.4, 0.5) is 0 Å². The number of hydrogen-bond acceptors (Lipinski definition) is 7. The number of ketones is 2. The predicted octanol–water partition coefficient (Wildman–Crippen LogP) is 1.99. The quantitative estimate of drug-likeness (QED) is 0.462. The summed E-state index contributed by atoms with van der Waals surface area (Å²) in [6.45, 7) is 0.711. The highest BCUT2D eigenvalue weighted by molar-refractivity contribution is 7.89. The van der Waals surface area contributed by atoms with Crippen LogP contribution in [0.3, 0.4) is 0 Å². The molecule has 0 saturated carbocycles. The molecule has 2 aromatic rings. The van der Waals surface area contributed by atoms with Crippen molar-refractivity contribution in [1.82, 2.24) is 4.72 Å². The maximum Gasteiger partial charge on any atom is 0.307 e. The maximum atomic E-state index is 12.2. The lowest BCUT2D eigenvalue weighted by atomic mass is 10.1. The summed E-state index contributed by atoms with van der Waals surface area (Å²) in [6, 6.07) is 12.0. The first kappa shape index (κ1) is 22.3. The second-order valence-electron chi connectivity index (χ2n) is 6.01. The number of esters is 1. The number of benzene rings is 2. The molecule has 0 atom stereocenters. The Hall–Kier alpha value is -3.04. The van der Waals surface area contributed by atoms with Crippen LogP contribution in [0, 0.1) is 0 Å². The Kier molecular flexibility index (Phi) is 7.63. The number of hydrogen-bond donors (Lipinski definition) is 1. The van der Waals surface area contributed by atoms with E-state index < -0.39 is 28.4 Å². The first-order chi connectivity index (χ1) is 13.7. The molecule has 0 aliphatic rings. The van der Waals surface area contributed by atoms with Gasteiger partial charge in [-0.25, -0.2) is 13.1 Å². The Morgan fingerprint density at radius 3 is 2.28 bits per heavy atom. The van der Waals surface area contributed by atoms with Gasteiger partial charge < -0.3 is 9.47 Å². The van der Waals surface area contributed by atoms with E-state index in [0.29, 0.717) is 11.3 Å². The molecule has 0 amide bonds. The SMILES string of the molecule is COc1ccccc1C(=O)COC(=O)CCNS(=O)(=O)c1ccc(C(C)=O)cc1. The number of rotatable bonds is 10. The van der Waals surface area contributed by atoms with Crippen LogP contribution in [0.15, 0.2) is 53.4 Å². The van der Waals surface area contributed by atoms with E-state index in [9.17, 15) is 22.8 Å². The summed E-state index contributed by atoms with van der Waals surface area (Å²) in [5.41, 5.74) is 0.685. The molecular weight excluding hydrogens is 398 g/mol. The van der Waals surface area contributed by atoms with E-state index in [2.05, 4.69) is 4.72 Å². The number of ether oxygens (including phenoxy) is 2. The Balaban J connectivity index is 1.83. The van der Waals surface area contributed by atoms with Crippen LogP contribution < -0.4 is 9.46 Å². The van der Waals surface area contributed by atoms with Crippen molar-refractivity contribution in [1.29, 1.82) is 0 Å². The number of para-hydroxylation sites is 1. The summed E-state index contributed by atoms with van der Waals surface area (Å²) >= 11 is 0. The molecule has 0 unspecified atom stereocenters. The molecule has 0 fully saturated rings. The summed E-state index contributed by atoms with van der Waals surface area (Å²) in [5.74, 6) is -0.950. The molecule has 0 saturated heterocycles. The van der Waals surface area contributed by atoms with Crippen LogP contribution in [0.5, 0.6) is 5.75 Å². The molecule has 8 nitrogen and oxygen atoms in total. The highest BCUT2D eigenvalue weighted by Crippen LogP contribution is 2.18. The summed E-state index contributed by atoms with van der Waals surface area (Å²) in [5, 5.41) is 0. The van der Waals surface area contributed by atoms with Crippen LogP contribution in [-0.2, 0) is 19.6 Å². The Bertz CT molecular complexity index is 998. The van der Waals surface area contributed by atoms with E-state index in [1.807, 2.05) is 0 Å². The fourth-order valence-corrected chi connectivity index (χ4v) is 3.44. The van der Waals surface area contributed by atoms with Gasteiger partial charge in [-0.2, -0.15) is 0 Å². The molecule has 0 bridgehead atoms. The normalized spacial score (nSPS) is 11.0. The van der Waals surface area contributed by atoms with Crippen molar-refractivity contribution in [2.24, 2.45) is 0 Å². The second-order valence-corrected chi connectivity index (χ2v) is 7.78. The van der Waals surface area contributed by atoms with Crippen LogP contribution in [0.1, 0.15) is 34.1 Å². The van der Waals surface area contributed by atoms with Crippen molar-refractivity contribution in [3.63, 3.8) is 0 Å². The molecule has 2 aromatic carbocycles. The van der Waals surface area contributed by atoms with E-state index in [0.717, 1.165) is 0 Å². The number of nitrogens with one attached hydrogen (secondary N) is 1. The van der Waals surface area contributed by atoms with Gasteiger partial charge in [0.05, 0.1) is 24.0 Å². The number of sulfonamides is 1. The summed E-state index contributed by atoms with van der Waals surface area (Å²) in [4.78, 5) is 35.1. The minimum absolute atomic E-state index is 0.0257. The van der Waals surface area contributed by atoms with E-state index in [1.54, 1.807) is 24.3 Å². The molecule has 0 heterocycles. The predicted molar refractivity (Wildman–Crippen MR) is 105 cm³/mol. The lowest BCUT2D eigenvalue weighted by molar-refractivity contribution is -0.142. The van der Waals surface area contributed by atoms with E-state index in [1.165, 1.54) is 38.3 Å². The molecule has 154 valence electrons. The van der Waals surface area contributed by atoms with Crippen LogP contribution in [0.2, 0.25) is 0 Å². The van der Waals surface area contributed by atoms with Crippen LogP contribution in [-0.4, -0.2) is 46.2 Å². The lowest BCUT2D eigenvalue weighted by Crippen LogP contribution is -2.27. The molecule has 0 radical (unpaired) electrons. The van der Waals surface area contributed by atoms with Gasteiger partial charge in [0.1, 0.15) is 5.75 Å². The first-order valence-corrected chi connectivity index (χ1v) is 10.2. The van der Waals surface area contributed by atoms with Gasteiger partial charge in [0.15, 0.2) is 12.4 Å². The van der Waals surface area contributed by atoms with Crippen molar-refractivity contribution in [3.8, 4) is 5.75 Å². The third-order valence-corrected chi connectivity index (χ3v) is 5.44. The minimum Gasteiger partial charge on any atom is -0.496 e. The van der Waals surface area contributed by atoms with Crippen molar-refractivity contribution in [2.75, 3.05) is 20.3 Å². The zero-order chi connectivity index (χ0) is 21.4. The highest BCUT2D eigenvalue weighted by Gasteiger charge is 2.17. The van der Waals surface area contributed by atoms with Crippen molar-refractivity contribution in [3.05, 3.63) is 59.7 Å². The molecule has 29 heavy (non-hydrogen) atoms. The Labute approximate surface area is 168 Å². The molecule has 1 N–H and O–H groups in total. The van der Waals surface area contributed by atoms with E-state index in [4.69, 9.17) is 9.47 Å². The average Bonchev–Trinajstić information content (AvgIpc) is 2.71. The highest BCUT2D eigenvalue weighted by atomic mass is 32.2. The van der Waals surface area contributed by atoms with Gasteiger partial charge >= 0.3 is 5.97 Å². The van der Waals surface area contributed by atoms with Gasteiger partial charge in [-0.1, -0.05) is 24.3 Å². The number of methoxy groups -OCH3 is 1. The smallest absolute Gasteiger partial charge is 0.307 e. The Morgan fingerprint density at radius 1 is 1.00 bits per heavy atom. The molecule has 0 aliphatic heterocycles. The van der Waals surface area contributed by atoms with Crippen LogP contribution in [0.25, 0.3) is 0 Å². The van der Waals surface area contributed by atoms with Gasteiger partial charge in [0.2, 0.25) is 15.8 Å². The second kappa shape index (κ2) is 9.94. The van der Waals surface area contributed by atoms with Gasteiger partial charge in [0.25, 0.3) is 0 Å². The molecular formula is C20H21NO7S. The lowest BCUT2D eigenvalue weighted by Gasteiger charge is -2.09. The van der Waals surface area contributed by atoms with Crippen molar-refractivity contribution < 1.29 is 32.3 Å². The number of carbonyl (C=O) groups is 3. The first-order valence-electron chi connectivity index (χ1n) is 8.67. The molecule has 0 aromatic heterocycles. The van der Waals surface area contributed by atoms with Crippen molar-refractivity contribution >= 4 is 27.6 Å². The summed E-state index contributed by atoms with van der Waals surface area (Å²) in [6.07, 6.45) is -0.246. The fraction of sp³-hybridized carbons (Fsp3) is 0.250. The molecule has 9 heteroatoms. The number of carbonyl (C=O) groups excluding carboxylic acids is 3.